The van der Waals surface area contributed by atoms with Crippen LogP contribution in [0.5, 0.6) is 0 Å². The van der Waals surface area contributed by atoms with Gasteiger partial charge in [-0.2, -0.15) is 0 Å². The molecule has 0 unspecified atom stereocenters. The number of benzene rings is 1. The first-order valence-electron chi connectivity index (χ1n) is 5.63. The van der Waals surface area contributed by atoms with E-state index in [9.17, 15) is 9.59 Å². The first kappa shape index (κ1) is 14.2. The molecule has 1 N–H and O–H groups in total. The molecule has 0 aliphatic heterocycles. The van der Waals surface area contributed by atoms with Gasteiger partial charge in [0.15, 0.2) is 0 Å². The molecule has 0 atom stereocenters. The number of likely N-dealkylation sites (N-methyl/N-ethyl adjacent to an activating group) is 1. The number of amides is 1. The van der Waals surface area contributed by atoms with Crippen LogP contribution in [-0.4, -0.2) is 36.7 Å². The van der Waals surface area contributed by atoms with Gasteiger partial charge in [-0.05, 0) is 38.1 Å². The van der Waals surface area contributed by atoms with E-state index in [0.717, 1.165) is 0 Å². The highest BCUT2D eigenvalue weighted by atomic mass is 16.5. The Hall–Kier alpha value is -1.88. The number of ether oxygens (including phenoxy) is 1. The zero-order valence-corrected chi connectivity index (χ0v) is 10.7. The van der Waals surface area contributed by atoms with E-state index in [4.69, 9.17) is 9.84 Å². The SMILES string of the molecule is CC(C)OCC(=O)N(C)c1ccc(C(=O)O)cc1. The molecule has 1 amide bonds. The maximum atomic E-state index is 11.8. The Labute approximate surface area is 106 Å². The van der Waals surface area contributed by atoms with Crippen molar-refractivity contribution in [3.05, 3.63) is 29.8 Å². The molecule has 18 heavy (non-hydrogen) atoms. The molecule has 98 valence electrons. The summed E-state index contributed by atoms with van der Waals surface area (Å²) in [5.74, 6) is -1.16. The van der Waals surface area contributed by atoms with E-state index >= 15 is 0 Å². The van der Waals surface area contributed by atoms with Crippen LogP contribution in [-0.2, 0) is 9.53 Å². The Bertz CT molecular complexity index is 425. The molecule has 5 nitrogen and oxygen atoms in total. The lowest BCUT2D eigenvalue weighted by molar-refractivity contribution is -0.124. The molecule has 1 aromatic carbocycles. The second-order valence-corrected chi connectivity index (χ2v) is 4.16. The van der Waals surface area contributed by atoms with E-state index in [0.29, 0.717) is 5.69 Å². The molecular formula is C13H17NO4. The highest BCUT2D eigenvalue weighted by molar-refractivity contribution is 5.94. The molecule has 1 aromatic rings. The fourth-order valence-electron chi connectivity index (χ4n) is 1.31. The van der Waals surface area contributed by atoms with Gasteiger partial charge in [-0.15, -0.1) is 0 Å². The minimum absolute atomic E-state index is 0.00302. The van der Waals surface area contributed by atoms with Gasteiger partial charge in [0.25, 0.3) is 5.91 Å². The van der Waals surface area contributed by atoms with Crippen molar-refractivity contribution in [3.63, 3.8) is 0 Å². The standard InChI is InChI=1S/C13H17NO4/c1-9(2)18-8-12(15)14(3)11-6-4-10(5-7-11)13(16)17/h4-7,9H,8H2,1-3H3,(H,16,17). The lowest BCUT2D eigenvalue weighted by atomic mass is 10.2. The van der Waals surface area contributed by atoms with Crippen LogP contribution in [0.1, 0.15) is 24.2 Å². The van der Waals surface area contributed by atoms with Crippen molar-refractivity contribution >= 4 is 17.6 Å². The van der Waals surface area contributed by atoms with Crippen LogP contribution in [0.2, 0.25) is 0 Å². The molecule has 1 rings (SSSR count). The third-order valence-electron chi connectivity index (χ3n) is 2.42. The molecule has 0 heterocycles. The summed E-state index contributed by atoms with van der Waals surface area (Å²) in [6.45, 7) is 3.72. The average molecular weight is 251 g/mol. The fraction of sp³-hybridized carbons (Fsp3) is 0.385. The molecule has 0 bridgehead atoms. The van der Waals surface area contributed by atoms with Gasteiger partial charge < -0.3 is 14.7 Å². The quantitative estimate of drug-likeness (QED) is 0.866. The second-order valence-electron chi connectivity index (χ2n) is 4.16. The van der Waals surface area contributed by atoms with Gasteiger partial charge in [-0.1, -0.05) is 0 Å². The van der Waals surface area contributed by atoms with Crippen molar-refractivity contribution in [2.75, 3.05) is 18.6 Å². The van der Waals surface area contributed by atoms with E-state index < -0.39 is 5.97 Å². The molecule has 0 aliphatic rings. The number of carbonyl (C=O) groups is 2. The predicted molar refractivity (Wildman–Crippen MR) is 67.9 cm³/mol. The van der Waals surface area contributed by atoms with Crippen molar-refractivity contribution in [3.8, 4) is 0 Å². The predicted octanol–water partition coefficient (Wildman–Crippen LogP) is 1.77. The zero-order chi connectivity index (χ0) is 13.7. The number of aromatic carboxylic acids is 1. The number of hydrogen-bond donors (Lipinski definition) is 1. The third-order valence-corrected chi connectivity index (χ3v) is 2.42. The Balaban J connectivity index is 2.68. The van der Waals surface area contributed by atoms with Crippen LogP contribution in [0.15, 0.2) is 24.3 Å². The number of nitrogens with zero attached hydrogens (tertiary/aromatic N) is 1. The first-order valence-corrected chi connectivity index (χ1v) is 5.63. The van der Waals surface area contributed by atoms with Crippen molar-refractivity contribution in [1.82, 2.24) is 0 Å². The molecule has 0 spiro atoms. The zero-order valence-electron chi connectivity index (χ0n) is 10.7. The van der Waals surface area contributed by atoms with Crippen molar-refractivity contribution in [2.45, 2.75) is 20.0 Å². The van der Waals surface area contributed by atoms with E-state index in [1.54, 1.807) is 19.2 Å². The second kappa shape index (κ2) is 6.16. The van der Waals surface area contributed by atoms with Crippen molar-refractivity contribution in [1.29, 1.82) is 0 Å². The summed E-state index contributed by atoms with van der Waals surface area (Å²) in [4.78, 5) is 23.9. The van der Waals surface area contributed by atoms with Crippen LogP contribution in [0.4, 0.5) is 5.69 Å². The smallest absolute Gasteiger partial charge is 0.335 e. The first-order chi connectivity index (χ1) is 8.41. The summed E-state index contributed by atoms with van der Waals surface area (Å²) in [5, 5.41) is 8.77. The van der Waals surface area contributed by atoms with Gasteiger partial charge in [0.2, 0.25) is 0 Å². The van der Waals surface area contributed by atoms with Crippen molar-refractivity contribution in [2.24, 2.45) is 0 Å². The maximum absolute atomic E-state index is 11.8. The van der Waals surface area contributed by atoms with E-state index in [2.05, 4.69) is 0 Å². The lowest BCUT2D eigenvalue weighted by Crippen LogP contribution is -2.31. The Morgan fingerprint density at radius 2 is 1.83 bits per heavy atom. The van der Waals surface area contributed by atoms with Gasteiger partial charge in [-0.25, -0.2) is 4.79 Å². The molecule has 0 fully saturated rings. The number of anilines is 1. The Kier molecular flexibility index (Phi) is 4.85. The molecule has 0 saturated carbocycles. The van der Waals surface area contributed by atoms with Gasteiger partial charge in [0.1, 0.15) is 6.61 Å². The topological polar surface area (TPSA) is 66.8 Å². The van der Waals surface area contributed by atoms with Gasteiger partial charge in [0, 0.05) is 12.7 Å². The van der Waals surface area contributed by atoms with Crippen LogP contribution in [0, 0.1) is 0 Å². The summed E-state index contributed by atoms with van der Waals surface area (Å²) >= 11 is 0. The molecular weight excluding hydrogens is 234 g/mol. The number of rotatable bonds is 5. The normalized spacial score (nSPS) is 10.4. The molecule has 0 saturated heterocycles. The highest BCUT2D eigenvalue weighted by Crippen LogP contribution is 2.14. The van der Waals surface area contributed by atoms with Gasteiger partial charge >= 0.3 is 5.97 Å². The summed E-state index contributed by atoms with van der Waals surface area (Å²) in [5.41, 5.74) is 0.829. The minimum Gasteiger partial charge on any atom is -0.478 e. The summed E-state index contributed by atoms with van der Waals surface area (Å²) in [6, 6.07) is 6.11. The average Bonchev–Trinajstić information content (AvgIpc) is 2.35. The number of hydrogen-bond acceptors (Lipinski definition) is 3. The van der Waals surface area contributed by atoms with E-state index in [1.165, 1.54) is 17.0 Å². The minimum atomic E-state index is -0.987. The largest absolute Gasteiger partial charge is 0.478 e. The van der Waals surface area contributed by atoms with E-state index in [-0.39, 0.29) is 24.2 Å². The van der Waals surface area contributed by atoms with Crippen LogP contribution in [0.25, 0.3) is 0 Å². The van der Waals surface area contributed by atoms with Gasteiger partial charge in [-0.3, -0.25) is 4.79 Å². The van der Waals surface area contributed by atoms with Crippen LogP contribution < -0.4 is 4.90 Å². The molecule has 0 aromatic heterocycles. The lowest BCUT2D eigenvalue weighted by Gasteiger charge is -2.18. The molecule has 5 heteroatoms. The number of carboxylic acid groups (broad SMARTS) is 1. The summed E-state index contributed by atoms with van der Waals surface area (Å²) in [7, 11) is 1.63. The number of carboxylic acids is 1. The monoisotopic (exact) mass is 251 g/mol. The van der Waals surface area contributed by atoms with Crippen molar-refractivity contribution < 1.29 is 19.4 Å². The Morgan fingerprint density at radius 3 is 2.28 bits per heavy atom. The van der Waals surface area contributed by atoms with Gasteiger partial charge in [0.05, 0.1) is 11.7 Å². The van der Waals surface area contributed by atoms with Crippen LogP contribution >= 0.6 is 0 Å². The maximum Gasteiger partial charge on any atom is 0.335 e. The fourth-order valence-corrected chi connectivity index (χ4v) is 1.31. The number of carbonyl (C=O) groups excluding carboxylic acids is 1. The van der Waals surface area contributed by atoms with E-state index in [1.807, 2.05) is 13.8 Å². The molecule has 0 radical (unpaired) electrons. The molecule has 0 aliphatic carbocycles. The van der Waals surface area contributed by atoms with Crippen LogP contribution in [0.3, 0.4) is 0 Å². The Morgan fingerprint density at radius 1 is 1.28 bits per heavy atom. The highest BCUT2D eigenvalue weighted by Gasteiger charge is 2.12. The summed E-state index contributed by atoms with van der Waals surface area (Å²) in [6.07, 6.45) is -0.00302. The summed E-state index contributed by atoms with van der Waals surface area (Å²) < 4.78 is 5.22. The third kappa shape index (κ3) is 3.85.